The van der Waals surface area contributed by atoms with Gasteiger partial charge in [0.1, 0.15) is 5.82 Å². The van der Waals surface area contributed by atoms with Gasteiger partial charge in [-0.3, -0.25) is 9.80 Å². The van der Waals surface area contributed by atoms with E-state index in [1.165, 1.54) is 22.5 Å². The predicted molar refractivity (Wildman–Crippen MR) is 93.6 cm³/mol. The van der Waals surface area contributed by atoms with Crippen molar-refractivity contribution in [2.75, 3.05) is 65.6 Å². The van der Waals surface area contributed by atoms with Gasteiger partial charge in [-0.2, -0.15) is 4.31 Å². The summed E-state index contributed by atoms with van der Waals surface area (Å²) in [5.41, 5.74) is 0.453. The highest BCUT2D eigenvalue weighted by Crippen LogP contribution is 2.21. The number of rotatable bonds is 5. The predicted octanol–water partition coefficient (Wildman–Crippen LogP) is 0.773. The van der Waals surface area contributed by atoms with E-state index in [1.54, 1.807) is 6.92 Å². The minimum atomic E-state index is -3.56. The van der Waals surface area contributed by atoms with Crippen molar-refractivity contribution in [3.05, 3.63) is 29.6 Å². The molecule has 2 saturated heterocycles. The van der Waals surface area contributed by atoms with E-state index in [2.05, 4.69) is 9.80 Å². The summed E-state index contributed by atoms with van der Waals surface area (Å²) in [6, 6.07) is 3.84. The first-order chi connectivity index (χ1) is 12.0. The summed E-state index contributed by atoms with van der Waals surface area (Å²) in [5, 5.41) is 0. The Morgan fingerprint density at radius 2 is 1.60 bits per heavy atom. The highest BCUT2D eigenvalue weighted by atomic mass is 32.2. The lowest BCUT2D eigenvalue weighted by molar-refractivity contribution is 0.0317. The molecule has 3 rings (SSSR count). The van der Waals surface area contributed by atoms with Crippen LogP contribution in [0.2, 0.25) is 0 Å². The van der Waals surface area contributed by atoms with E-state index in [1.807, 2.05) is 0 Å². The molecule has 0 saturated carbocycles. The third-order valence-electron chi connectivity index (χ3n) is 4.92. The van der Waals surface area contributed by atoms with Crippen LogP contribution in [-0.2, 0) is 14.8 Å². The van der Waals surface area contributed by atoms with Crippen LogP contribution in [0.5, 0.6) is 0 Å². The molecule has 6 nitrogen and oxygen atoms in total. The van der Waals surface area contributed by atoms with Crippen molar-refractivity contribution in [3.8, 4) is 0 Å². The molecule has 0 unspecified atom stereocenters. The third-order valence-corrected chi connectivity index (χ3v) is 6.98. The molecule has 0 aromatic heterocycles. The smallest absolute Gasteiger partial charge is 0.243 e. The average molecular weight is 371 g/mol. The maximum absolute atomic E-state index is 13.2. The first-order valence-corrected chi connectivity index (χ1v) is 10.2. The van der Waals surface area contributed by atoms with Crippen molar-refractivity contribution in [1.82, 2.24) is 14.1 Å². The lowest BCUT2D eigenvalue weighted by Gasteiger charge is -2.36. The lowest BCUT2D eigenvalue weighted by Crippen LogP contribution is -2.50. The van der Waals surface area contributed by atoms with Crippen LogP contribution in [0.1, 0.15) is 5.56 Å². The van der Waals surface area contributed by atoms with Gasteiger partial charge in [0.05, 0.1) is 18.1 Å². The van der Waals surface area contributed by atoms with Gasteiger partial charge in [-0.25, -0.2) is 12.8 Å². The van der Waals surface area contributed by atoms with Gasteiger partial charge < -0.3 is 4.74 Å². The Hall–Kier alpha value is -1.06. The van der Waals surface area contributed by atoms with Crippen LogP contribution in [-0.4, -0.2) is 88.1 Å². The Morgan fingerprint density at radius 3 is 2.20 bits per heavy atom. The monoisotopic (exact) mass is 371 g/mol. The van der Waals surface area contributed by atoms with Crippen molar-refractivity contribution in [3.63, 3.8) is 0 Å². The second-order valence-electron chi connectivity index (χ2n) is 6.61. The standard InChI is InChI=1S/C17H26FN3O3S/c1-15-14-16(18)2-3-17(15)25(22,23)21-8-6-19(7-9-21)4-5-20-10-12-24-13-11-20/h2-3,14H,4-13H2,1H3. The van der Waals surface area contributed by atoms with Gasteiger partial charge in [-0.05, 0) is 30.7 Å². The molecule has 2 aliphatic rings. The molecule has 1 aromatic rings. The van der Waals surface area contributed by atoms with Crippen molar-refractivity contribution < 1.29 is 17.5 Å². The number of benzene rings is 1. The second-order valence-corrected chi connectivity index (χ2v) is 8.52. The molecule has 8 heteroatoms. The highest BCUT2D eigenvalue weighted by Gasteiger charge is 2.29. The fourth-order valence-electron chi connectivity index (χ4n) is 3.34. The molecule has 2 fully saturated rings. The zero-order valence-corrected chi connectivity index (χ0v) is 15.5. The molecule has 25 heavy (non-hydrogen) atoms. The minimum absolute atomic E-state index is 0.204. The first-order valence-electron chi connectivity index (χ1n) is 8.75. The molecule has 0 bridgehead atoms. The maximum Gasteiger partial charge on any atom is 0.243 e. The Kier molecular flexibility index (Phi) is 6.06. The molecular formula is C17H26FN3O3S. The fraction of sp³-hybridized carbons (Fsp3) is 0.647. The lowest BCUT2D eigenvalue weighted by atomic mass is 10.2. The normalized spacial score (nSPS) is 21.5. The van der Waals surface area contributed by atoms with Crippen LogP contribution in [0, 0.1) is 12.7 Å². The van der Waals surface area contributed by atoms with Gasteiger partial charge in [0.2, 0.25) is 10.0 Å². The summed E-state index contributed by atoms with van der Waals surface area (Å²) in [7, 11) is -3.56. The van der Waals surface area contributed by atoms with Gasteiger partial charge in [0.15, 0.2) is 0 Å². The van der Waals surface area contributed by atoms with Crippen LogP contribution in [0.3, 0.4) is 0 Å². The number of aryl methyl sites for hydroxylation is 1. The number of ether oxygens (including phenoxy) is 1. The average Bonchev–Trinajstić information content (AvgIpc) is 2.61. The minimum Gasteiger partial charge on any atom is -0.379 e. The molecule has 2 heterocycles. The zero-order chi connectivity index (χ0) is 17.9. The van der Waals surface area contributed by atoms with Crippen LogP contribution in [0.25, 0.3) is 0 Å². The Morgan fingerprint density at radius 1 is 1.00 bits per heavy atom. The molecule has 0 aliphatic carbocycles. The molecule has 140 valence electrons. The summed E-state index contributed by atoms with van der Waals surface area (Å²) in [5.74, 6) is -0.413. The maximum atomic E-state index is 13.2. The summed E-state index contributed by atoms with van der Waals surface area (Å²) in [6.45, 7) is 9.51. The van der Waals surface area contributed by atoms with Crippen LogP contribution in [0.15, 0.2) is 23.1 Å². The van der Waals surface area contributed by atoms with Gasteiger partial charge in [-0.1, -0.05) is 0 Å². The molecule has 0 amide bonds. The van der Waals surface area contributed by atoms with E-state index in [4.69, 9.17) is 4.74 Å². The molecule has 0 radical (unpaired) electrons. The Bertz CT molecular complexity index is 684. The van der Waals surface area contributed by atoms with Crippen molar-refractivity contribution in [1.29, 1.82) is 0 Å². The van der Waals surface area contributed by atoms with E-state index < -0.39 is 15.8 Å². The topological polar surface area (TPSA) is 53.1 Å². The number of hydrogen-bond acceptors (Lipinski definition) is 5. The Balaban J connectivity index is 1.54. The quantitative estimate of drug-likeness (QED) is 0.765. The van der Waals surface area contributed by atoms with Gasteiger partial charge in [0, 0.05) is 52.4 Å². The number of morpholine rings is 1. The molecule has 0 spiro atoms. The SMILES string of the molecule is Cc1cc(F)ccc1S(=O)(=O)N1CCN(CCN2CCOCC2)CC1. The number of hydrogen-bond donors (Lipinski definition) is 0. The number of piperazine rings is 1. The van der Waals surface area contributed by atoms with Crippen molar-refractivity contribution >= 4 is 10.0 Å². The van der Waals surface area contributed by atoms with E-state index in [9.17, 15) is 12.8 Å². The molecular weight excluding hydrogens is 345 g/mol. The van der Waals surface area contributed by atoms with Crippen molar-refractivity contribution in [2.45, 2.75) is 11.8 Å². The van der Waals surface area contributed by atoms with E-state index in [-0.39, 0.29) is 4.90 Å². The summed E-state index contributed by atoms with van der Waals surface area (Å²) < 4.78 is 45.7. The number of sulfonamides is 1. The molecule has 2 aliphatic heterocycles. The molecule has 0 atom stereocenters. The van der Waals surface area contributed by atoms with Crippen LogP contribution < -0.4 is 0 Å². The summed E-state index contributed by atoms with van der Waals surface area (Å²) >= 11 is 0. The van der Waals surface area contributed by atoms with E-state index >= 15 is 0 Å². The fourth-order valence-corrected chi connectivity index (χ4v) is 4.97. The highest BCUT2D eigenvalue weighted by molar-refractivity contribution is 7.89. The molecule has 0 N–H and O–H groups in total. The van der Waals surface area contributed by atoms with E-state index in [0.29, 0.717) is 18.7 Å². The first kappa shape index (κ1) is 18.7. The zero-order valence-electron chi connectivity index (χ0n) is 14.7. The van der Waals surface area contributed by atoms with E-state index in [0.717, 1.165) is 52.5 Å². The van der Waals surface area contributed by atoms with Gasteiger partial charge >= 0.3 is 0 Å². The van der Waals surface area contributed by atoms with Crippen LogP contribution >= 0.6 is 0 Å². The largest absolute Gasteiger partial charge is 0.379 e. The number of nitrogens with zero attached hydrogens (tertiary/aromatic N) is 3. The second kappa shape index (κ2) is 8.09. The van der Waals surface area contributed by atoms with Crippen molar-refractivity contribution in [2.24, 2.45) is 0 Å². The van der Waals surface area contributed by atoms with Gasteiger partial charge in [-0.15, -0.1) is 0 Å². The van der Waals surface area contributed by atoms with Gasteiger partial charge in [0.25, 0.3) is 0 Å². The number of halogens is 1. The summed E-state index contributed by atoms with van der Waals surface area (Å²) in [6.07, 6.45) is 0. The summed E-state index contributed by atoms with van der Waals surface area (Å²) in [4.78, 5) is 4.89. The Labute approximate surface area is 149 Å². The third kappa shape index (κ3) is 4.57. The molecule has 1 aromatic carbocycles. The van der Waals surface area contributed by atoms with Crippen LogP contribution in [0.4, 0.5) is 4.39 Å².